The van der Waals surface area contributed by atoms with Crippen LogP contribution >= 0.6 is 0 Å². The molecule has 0 heterocycles. The van der Waals surface area contributed by atoms with E-state index in [0.717, 1.165) is 0 Å². The summed E-state index contributed by atoms with van der Waals surface area (Å²) >= 11 is 0. The molecule has 0 fully saturated rings. The van der Waals surface area contributed by atoms with E-state index < -0.39 is 6.03 Å². The Morgan fingerprint density at radius 3 is 1.57 bits per heavy atom. The van der Waals surface area contributed by atoms with Crippen LogP contribution in [0.5, 0.6) is 0 Å². The predicted molar refractivity (Wildman–Crippen MR) is 18.6 cm³/mol. The second kappa shape index (κ2) is 5.30. The summed E-state index contributed by atoms with van der Waals surface area (Å²) < 4.78 is 0. The third-order valence-corrected chi connectivity index (χ3v) is 0.191. The predicted octanol–water partition coefficient (Wildman–Crippen LogP) is 0.942. The maximum absolute atomic E-state index is 9.47. The van der Waals surface area contributed by atoms with Gasteiger partial charge >= 0.3 is 6.03 Å². The molecule has 0 bridgehead atoms. The molecule has 0 aromatic rings. The minimum absolute atomic E-state index is 0. The van der Waals surface area contributed by atoms with Crippen LogP contribution in [0.15, 0.2) is 0 Å². The molecule has 3 nitrogen and oxygen atoms in total. The van der Waals surface area contributed by atoms with Gasteiger partial charge in [0.2, 0.25) is 0 Å². The van der Waals surface area contributed by atoms with Crippen LogP contribution in [0, 0.1) is 13.1 Å². The van der Waals surface area contributed by atoms with Crippen LogP contribution in [-0.4, -0.2) is 6.03 Å². The Morgan fingerprint density at radius 2 is 1.57 bits per heavy atom. The number of urea groups is 1. The van der Waals surface area contributed by atoms with Gasteiger partial charge < -0.3 is 0 Å². The van der Waals surface area contributed by atoms with Crippen molar-refractivity contribution in [2.45, 2.75) is 0 Å². The molecule has 1 radical (unpaired) electrons. The zero-order chi connectivity index (χ0) is 4.99. The largest absolute Gasteiger partial charge is 0.752 e. The van der Waals surface area contributed by atoms with Gasteiger partial charge in [0.05, 0.1) is 0 Å². The van der Waals surface area contributed by atoms with E-state index in [1.807, 2.05) is 0 Å². The van der Waals surface area contributed by atoms with Gasteiger partial charge in [0.1, 0.15) is 13.1 Å². The third kappa shape index (κ3) is 5.30. The SMILES string of the molecule is [C-]#[N+]C(=O)[N+]#[C-].[Tc]. The van der Waals surface area contributed by atoms with Gasteiger partial charge in [0.25, 0.3) is 0 Å². The molecule has 35 valence electrons. The van der Waals surface area contributed by atoms with Gasteiger partial charge in [-0.3, -0.25) is 0 Å². The van der Waals surface area contributed by atoms with E-state index in [4.69, 9.17) is 13.1 Å². The van der Waals surface area contributed by atoms with Crippen LogP contribution in [0.1, 0.15) is 0 Å². The zero-order valence-corrected chi connectivity index (χ0v) is 5.04. The van der Waals surface area contributed by atoms with E-state index in [2.05, 4.69) is 9.69 Å². The average molecular weight is 178 g/mol. The van der Waals surface area contributed by atoms with Gasteiger partial charge in [0, 0.05) is 20.1 Å². The monoisotopic (exact) mass is 177 g/mol. The van der Waals surface area contributed by atoms with Crippen molar-refractivity contribution < 1.29 is 24.9 Å². The molecule has 0 aliphatic rings. The molecular formula is C3N2OTc. The van der Waals surface area contributed by atoms with Gasteiger partial charge in [-0.25, -0.2) is 4.79 Å². The van der Waals surface area contributed by atoms with E-state index in [1.165, 1.54) is 0 Å². The van der Waals surface area contributed by atoms with Crippen LogP contribution in [0.3, 0.4) is 0 Å². The van der Waals surface area contributed by atoms with Gasteiger partial charge in [-0.15, -0.1) is 9.69 Å². The molecule has 0 aromatic heterocycles. The first-order valence-corrected chi connectivity index (χ1v) is 1.10. The van der Waals surface area contributed by atoms with E-state index >= 15 is 0 Å². The first-order valence-electron chi connectivity index (χ1n) is 1.10. The zero-order valence-electron chi connectivity index (χ0n) is 3.18. The summed E-state index contributed by atoms with van der Waals surface area (Å²) in [6.07, 6.45) is 0. The topological polar surface area (TPSA) is 25.8 Å². The molecule has 0 saturated carbocycles. The van der Waals surface area contributed by atoms with Gasteiger partial charge in [-0.2, -0.15) is 0 Å². The van der Waals surface area contributed by atoms with E-state index in [1.54, 1.807) is 0 Å². The van der Waals surface area contributed by atoms with Crippen molar-refractivity contribution in [1.82, 2.24) is 0 Å². The summed E-state index contributed by atoms with van der Waals surface area (Å²) in [7, 11) is 0. The van der Waals surface area contributed by atoms with Crippen LogP contribution in [-0.2, 0) is 20.1 Å². The van der Waals surface area contributed by atoms with Gasteiger partial charge in [-0.05, 0) is 0 Å². The molecule has 0 aliphatic carbocycles. The number of rotatable bonds is 0. The quantitative estimate of drug-likeness (QED) is 0.507. The fourth-order valence-corrected chi connectivity index (χ4v) is 0.0250. The second-order valence-electron chi connectivity index (χ2n) is 0.506. The first kappa shape index (κ1) is 9.57. The normalized spacial score (nSPS) is 4.29. The first-order chi connectivity index (χ1) is 2.81. The standard InChI is InChI=1S/C3N2O.Tc/c1-4-3(6)5-2;. The Balaban J connectivity index is 0. The Morgan fingerprint density at radius 1 is 1.29 bits per heavy atom. The van der Waals surface area contributed by atoms with Crippen molar-refractivity contribution in [1.29, 1.82) is 0 Å². The molecule has 0 saturated heterocycles. The average Bonchev–Trinajstić information content (AvgIpc) is 1.65. The fraction of sp³-hybridized carbons (Fsp3) is 0. The van der Waals surface area contributed by atoms with Gasteiger partial charge in [0.15, 0.2) is 0 Å². The van der Waals surface area contributed by atoms with E-state index in [9.17, 15) is 4.79 Å². The maximum Gasteiger partial charge on any atom is 0.752 e. The number of nitrogens with zero attached hydrogens (tertiary/aromatic N) is 2. The molecule has 7 heavy (non-hydrogen) atoms. The number of hydrogen-bond donors (Lipinski definition) is 0. The van der Waals surface area contributed by atoms with Crippen LogP contribution in [0.4, 0.5) is 4.79 Å². The Kier molecular flexibility index (Phi) is 7.25. The summed E-state index contributed by atoms with van der Waals surface area (Å²) in [5.41, 5.74) is 0. The molecule has 4 heteroatoms. The number of hydrogen-bond acceptors (Lipinski definition) is 1. The second-order valence-corrected chi connectivity index (χ2v) is 0.506. The summed E-state index contributed by atoms with van der Waals surface area (Å²) in [5, 5.41) is 0. The molecule has 2 amide bonds. The molecule has 0 atom stereocenters. The molecule has 0 unspecified atom stereocenters. The molecule has 0 N–H and O–H groups in total. The summed E-state index contributed by atoms with van der Waals surface area (Å²) in [6.45, 7) is 11.7. The van der Waals surface area contributed by atoms with Crippen molar-refractivity contribution >= 4 is 6.03 Å². The third-order valence-electron chi connectivity index (χ3n) is 0.191. The number of carbonyl (C=O) groups is 1. The van der Waals surface area contributed by atoms with E-state index in [-0.39, 0.29) is 20.1 Å². The van der Waals surface area contributed by atoms with Crippen molar-refractivity contribution in [3.05, 3.63) is 22.8 Å². The van der Waals surface area contributed by atoms with Crippen molar-refractivity contribution in [2.24, 2.45) is 0 Å². The Hall–Kier alpha value is -0.701. The molecule has 0 aliphatic heterocycles. The minimum Gasteiger partial charge on any atom is -0.238 e. The Bertz CT molecular complexity index is 124. The molecule has 0 rings (SSSR count). The van der Waals surface area contributed by atoms with Crippen molar-refractivity contribution in [3.63, 3.8) is 0 Å². The maximum atomic E-state index is 9.47. The number of carbonyl (C=O) groups excluding carboxylic acids is 1. The summed E-state index contributed by atoms with van der Waals surface area (Å²) in [6, 6.07) is -1.07. The van der Waals surface area contributed by atoms with Crippen LogP contribution < -0.4 is 0 Å². The van der Waals surface area contributed by atoms with Crippen molar-refractivity contribution in [2.75, 3.05) is 0 Å². The van der Waals surface area contributed by atoms with Crippen molar-refractivity contribution in [3.8, 4) is 0 Å². The van der Waals surface area contributed by atoms with Crippen LogP contribution in [0.2, 0.25) is 0 Å². The minimum atomic E-state index is -1.07. The van der Waals surface area contributed by atoms with E-state index in [0.29, 0.717) is 0 Å². The smallest absolute Gasteiger partial charge is 0.238 e. The number of amides is 2. The Labute approximate surface area is 54.3 Å². The van der Waals surface area contributed by atoms with Gasteiger partial charge in [-0.1, -0.05) is 0 Å². The van der Waals surface area contributed by atoms with Crippen LogP contribution in [0.25, 0.3) is 9.69 Å². The summed E-state index contributed by atoms with van der Waals surface area (Å²) in [5.74, 6) is 0. The fourth-order valence-electron chi connectivity index (χ4n) is 0.0250. The molecular weight excluding hydrogens is 178 g/mol. The molecule has 0 aromatic carbocycles. The molecule has 0 spiro atoms. The summed E-state index contributed by atoms with van der Waals surface area (Å²) in [4.78, 5) is 14.0.